The van der Waals surface area contributed by atoms with Gasteiger partial charge >= 0.3 is 0 Å². The number of nitrogens with one attached hydrogen (secondary N) is 1. The molecule has 3 nitrogen and oxygen atoms in total. The van der Waals surface area contributed by atoms with Crippen molar-refractivity contribution in [2.24, 2.45) is 17.6 Å². The molecule has 5 heteroatoms. The SMILES string of the molecule is NCC(NC(=O)C1CC1c1cc(F)ccc1F)C1CCCCC1. The Kier molecular flexibility index (Phi) is 4.95. The second-order valence-corrected chi connectivity index (χ2v) is 6.86. The second-order valence-electron chi connectivity index (χ2n) is 6.86. The first kappa shape index (κ1) is 16.4. The van der Waals surface area contributed by atoms with Crippen molar-refractivity contribution in [2.45, 2.75) is 50.5 Å². The smallest absolute Gasteiger partial charge is 0.224 e. The maximum absolute atomic E-state index is 13.8. The fraction of sp³-hybridized carbons (Fsp3) is 0.611. The minimum Gasteiger partial charge on any atom is -0.352 e. The predicted octanol–water partition coefficient (Wildman–Crippen LogP) is 3.09. The highest BCUT2D eigenvalue weighted by Gasteiger charge is 2.46. The molecule has 1 amide bonds. The Morgan fingerprint density at radius 1 is 1.26 bits per heavy atom. The lowest BCUT2D eigenvalue weighted by Crippen LogP contribution is -2.46. The third-order valence-electron chi connectivity index (χ3n) is 5.29. The molecule has 0 aliphatic heterocycles. The number of carbonyl (C=O) groups excluding carboxylic acids is 1. The Hall–Kier alpha value is -1.49. The van der Waals surface area contributed by atoms with Gasteiger partial charge in [-0.3, -0.25) is 4.79 Å². The molecule has 0 bridgehead atoms. The second kappa shape index (κ2) is 6.95. The zero-order valence-corrected chi connectivity index (χ0v) is 13.2. The van der Waals surface area contributed by atoms with Crippen LogP contribution in [0.25, 0.3) is 0 Å². The predicted molar refractivity (Wildman–Crippen MR) is 84.8 cm³/mol. The number of nitrogens with two attached hydrogens (primary N) is 1. The third-order valence-corrected chi connectivity index (χ3v) is 5.29. The van der Waals surface area contributed by atoms with Crippen LogP contribution in [0, 0.1) is 23.5 Å². The number of hydrogen-bond acceptors (Lipinski definition) is 2. The van der Waals surface area contributed by atoms with Gasteiger partial charge in [-0.25, -0.2) is 8.78 Å². The van der Waals surface area contributed by atoms with Gasteiger partial charge in [0.25, 0.3) is 0 Å². The summed E-state index contributed by atoms with van der Waals surface area (Å²) in [6, 6.07) is 3.43. The van der Waals surface area contributed by atoms with Crippen molar-refractivity contribution >= 4 is 5.91 Å². The quantitative estimate of drug-likeness (QED) is 0.875. The molecule has 2 saturated carbocycles. The van der Waals surface area contributed by atoms with Gasteiger partial charge in [0.2, 0.25) is 5.91 Å². The molecule has 3 unspecified atom stereocenters. The number of amides is 1. The Morgan fingerprint density at radius 3 is 2.70 bits per heavy atom. The Bertz CT molecular complexity index is 572. The molecular weight excluding hydrogens is 298 g/mol. The number of halogens is 2. The lowest BCUT2D eigenvalue weighted by molar-refractivity contribution is -0.123. The number of hydrogen-bond donors (Lipinski definition) is 2. The Labute approximate surface area is 135 Å². The van der Waals surface area contributed by atoms with Crippen LogP contribution in [0.4, 0.5) is 8.78 Å². The van der Waals surface area contributed by atoms with Crippen LogP contribution < -0.4 is 11.1 Å². The van der Waals surface area contributed by atoms with Crippen LogP contribution in [-0.2, 0) is 4.79 Å². The van der Waals surface area contributed by atoms with Gasteiger partial charge in [-0.15, -0.1) is 0 Å². The molecule has 0 heterocycles. The summed E-state index contributed by atoms with van der Waals surface area (Å²) in [5.41, 5.74) is 6.15. The zero-order chi connectivity index (χ0) is 16.4. The molecule has 1 aromatic carbocycles. The summed E-state index contributed by atoms with van der Waals surface area (Å²) >= 11 is 0. The van der Waals surface area contributed by atoms with Gasteiger partial charge < -0.3 is 11.1 Å². The molecule has 1 aromatic rings. The molecule has 0 radical (unpaired) electrons. The van der Waals surface area contributed by atoms with Crippen LogP contribution in [0.15, 0.2) is 18.2 Å². The Balaban J connectivity index is 1.60. The van der Waals surface area contributed by atoms with Gasteiger partial charge in [0.15, 0.2) is 0 Å². The van der Waals surface area contributed by atoms with Crippen LogP contribution in [0.3, 0.4) is 0 Å². The topological polar surface area (TPSA) is 55.1 Å². The average molecular weight is 322 g/mol. The van der Waals surface area contributed by atoms with Crippen molar-refractivity contribution in [3.05, 3.63) is 35.4 Å². The number of benzene rings is 1. The van der Waals surface area contributed by atoms with Crippen LogP contribution in [0.1, 0.15) is 50.0 Å². The van der Waals surface area contributed by atoms with Crippen LogP contribution in [-0.4, -0.2) is 18.5 Å². The third kappa shape index (κ3) is 3.71. The van der Waals surface area contributed by atoms with E-state index < -0.39 is 11.6 Å². The maximum Gasteiger partial charge on any atom is 0.224 e. The molecule has 0 saturated heterocycles. The van der Waals surface area contributed by atoms with Crippen molar-refractivity contribution in [3.63, 3.8) is 0 Å². The lowest BCUT2D eigenvalue weighted by Gasteiger charge is -2.30. The van der Waals surface area contributed by atoms with Crippen LogP contribution >= 0.6 is 0 Å². The molecule has 0 spiro atoms. The van der Waals surface area contributed by atoms with E-state index in [9.17, 15) is 13.6 Å². The molecular formula is C18H24F2N2O. The van der Waals surface area contributed by atoms with E-state index in [1.807, 2.05) is 0 Å². The van der Waals surface area contributed by atoms with E-state index in [-0.39, 0.29) is 23.8 Å². The molecule has 2 fully saturated rings. The highest BCUT2D eigenvalue weighted by atomic mass is 19.1. The van der Waals surface area contributed by atoms with E-state index in [1.54, 1.807) is 0 Å². The first-order valence-corrected chi connectivity index (χ1v) is 8.55. The van der Waals surface area contributed by atoms with E-state index in [4.69, 9.17) is 5.73 Å². The lowest BCUT2D eigenvalue weighted by atomic mass is 9.84. The standard InChI is InChI=1S/C18H24F2N2O/c19-12-6-7-16(20)14(8-12)13-9-15(13)18(23)22-17(10-21)11-4-2-1-3-5-11/h6-8,11,13,15,17H,1-5,9-10,21H2,(H,22,23). The summed E-state index contributed by atoms with van der Waals surface area (Å²) in [4.78, 5) is 12.4. The van der Waals surface area contributed by atoms with Crippen molar-refractivity contribution in [1.82, 2.24) is 5.32 Å². The fourth-order valence-electron chi connectivity index (χ4n) is 3.82. The Morgan fingerprint density at radius 2 is 2.00 bits per heavy atom. The first-order valence-electron chi connectivity index (χ1n) is 8.55. The van der Waals surface area contributed by atoms with E-state index in [2.05, 4.69) is 5.32 Å². The largest absolute Gasteiger partial charge is 0.352 e. The van der Waals surface area contributed by atoms with Crippen molar-refractivity contribution in [1.29, 1.82) is 0 Å². The van der Waals surface area contributed by atoms with Crippen LogP contribution in [0.5, 0.6) is 0 Å². The molecule has 0 aromatic heterocycles. The zero-order valence-electron chi connectivity index (χ0n) is 13.2. The van der Waals surface area contributed by atoms with Crippen LogP contribution in [0.2, 0.25) is 0 Å². The first-order chi connectivity index (χ1) is 11.1. The number of carbonyl (C=O) groups is 1. The fourth-order valence-corrected chi connectivity index (χ4v) is 3.82. The highest BCUT2D eigenvalue weighted by molar-refractivity contribution is 5.83. The van der Waals surface area contributed by atoms with Gasteiger partial charge in [0.05, 0.1) is 0 Å². The van der Waals surface area contributed by atoms with Gasteiger partial charge in [-0.05, 0) is 54.9 Å². The molecule has 3 atom stereocenters. The summed E-state index contributed by atoms with van der Waals surface area (Å²) in [5.74, 6) is -0.997. The minimum absolute atomic E-state index is 0.00130. The normalized spacial score (nSPS) is 25.9. The van der Waals surface area contributed by atoms with E-state index in [1.165, 1.54) is 25.3 Å². The summed E-state index contributed by atoms with van der Waals surface area (Å²) < 4.78 is 27.1. The average Bonchev–Trinajstić information content (AvgIpc) is 3.36. The molecule has 3 rings (SSSR count). The highest BCUT2D eigenvalue weighted by Crippen LogP contribution is 2.48. The molecule has 2 aliphatic rings. The summed E-state index contributed by atoms with van der Waals surface area (Å²) in [6.07, 6.45) is 6.43. The molecule has 3 N–H and O–H groups in total. The van der Waals surface area contributed by atoms with E-state index >= 15 is 0 Å². The number of rotatable bonds is 5. The summed E-state index contributed by atoms with van der Waals surface area (Å²) in [5, 5.41) is 3.05. The van der Waals surface area contributed by atoms with Crippen molar-refractivity contribution in [2.75, 3.05) is 6.54 Å². The van der Waals surface area contributed by atoms with Crippen molar-refractivity contribution in [3.8, 4) is 0 Å². The van der Waals surface area contributed by atoms with Gasteiger partial charge in [0, 0.05) is 18.5 Å². The monoisotopic (exact) mass is 322 g/mol. The van der Waals surface area contributed by atoms with E-state index in [0.717, 1.165) is 25.0 Å². The summed E-state index contributed by atoms with van der Waals surface area (Å²) in [7, 11) is 0. The van der Waals surface area contributed by atoms with Gasteiger partial charge in [0.1, 0.15) is 11.6 Å². The van der Waals surface area contributed by atoms with Crippen molar-refractivity contribution < 1.29 is 13.6 Å². The maximum atomic E-state index is 13.8. The summed E-state index contributed by atoms with van der Waals surface area (Å²) in [6.45, 7) is 0.433. The van der Waals surface area contributed by atoms with Gasteiger partial charge in [-0.1, -0.05) is 19.3 Å². The van der Waals surface area contributed by atoms with E-state index in [0.29, 0.717) is 24.4 Å². The molecule has 2 aliphatic carbocycles. The van der Waals surface area contributed by atoms with Gasteiger partial charge in [-0.2, -0.15) is 0 Å². The molecule has 126 valence electrons. The minimum atomic E-state index is -0.463. The molecule has 23 heavy (non-hydrogen) atoms.